The topological polar surface area (TPSA) is 103 Å². The molecule has 0 radical (unpaired) electrons. The predicted octanol–water partition coefficient (Wildman–Crippen LogP) is 3.06. The van der Waals surface area contributed by atoms with Crippen molar-refractivity contribution in [2.75, 3.05) is 14.2 Å². The van der Waals surface area contributed by atoms with Gasteiger partial charge in [-0.2, -0.15) is 4.39 Å². The van der Waals surface area contributed by atoms with Crippen molar-refractivity contribution in [1.82, 2.24) is 14.9 Å². The predicted molar refractivity (Wildman–Crippen MR) is 124 cm³/mol. The van der Waals surface area contributed by atoms with Gasteiger partial charge in [0.2, 0.25) is 5.95 Å². The number of amides is 1. The van der Waals surface area contributed by atoms with Gasteiger partial charge in [-0.05, 0) is 42.8 Å². The molecule has 2 N–H and O–H groups in total. The summed E-state index contributed by atoms with van der Waals surface area (Å²) in [5.74, 6) is 0.373. The van der Waals surface area contributed by atoms with Crippen LogP contribution in [0, 0.1) is 5.95 Å². The molecule has 174 valence electrons. The van der Waals surface area contributed by atoms with Crippen LogP contribution in [0.15, 0.2) is 59.9 Å². The SMILES string of the molecule is COc1ccc(C[C@]2(C)CC3(N=C(N)N(C)C3=O)c3cc(-c4cccnc4F)ncc3O2)cc1. The summed E-state index contributed by atoms with van der Waals surface area (Å²) in [6.07, 6.45) is 3.65. The average Bonchev–Trinajstić information content (AvgIpc) is 3.03. The van der Waals surface area contributed by atoms with E-state index in [1.54, 1.807) is 32.4 Å². The number of carbonyl (C=O) groups excluding carboxylic acids is 1. The maximum absolute atomic E-state index is 14.4. The fourth-order valence-corrected chi connectivity index (χ4v) is 4.77. The van der Waals surface area contributed by atoms with Gasteiger partial charge in [-0.25, -0.2) is 9.98 Å². The molecule has 1 aromatic carbocycles. The summed E-state index contributed by atoms with van der Waals surface area (Å²) < 4.78 is 26.1. The third-order valence-corrected chi connectivity index (χ3v) is 6.38. The number of aliphatic imine (C=N–C) groups is 1. The summed E-state index contributed by atoms with van der Waals surface area (Å²) in [6, 6.07) is 12.5. The van der Waals surface area contributed by atoms with Gasteiger partial charge in [-0.15, -0.1) is 0 Å². The number of hydrogen-bond acceptors (Lipinski definition) is 7. The summed E-state index contributed by atoms with van der Waals surface area (Å²) in [7, 11) is 3.21. The second kappa shape index (κ2) is 7.79. The minimum atomic E-state index is -1.30. The van der Waals surface area contributed by atoms with E-state index in [0.717, 1.165) is 11.3 Å². The molecule has 9 heteroatoms. The molecule has 1 spiro atoms. The van der Waals surface area contributed by atoms with Crippen molar-refractivity contribution in [1.29, 1.82) is 0 Å². The van der Waals surface area contributed by atoms with Crippen molar-refractivity contribution in [3.8, 4) is 22.8 Å². The van der Waals surface area contributed by atoms with Crippen molar-refractivity contribution >= 4 is 11.9 Å². The van der Waals surface area contributed by atoms with Gasteiger partial charge in [-0.3, -0.25) is 14.7 Å². The van der Waals surface area contributed by atoms with Crippen LogP contribution in [0.4, 0.5) is 4.39 Å². The molecule has 1 amide bonds. The fraction of sp³-hybridized carbons (Fsp3) is 0.280. The number of likely N-dealkylation sites (N-methyl/N-ethyl adjacent to an activating group) is 1. The van der Waals surface area contributed by atoms with E-state index in [-0.39, 0.29) is 23.9 Å². The molecule has 0 fully saturated rings. The number of nitrogens with zero attached hydrogens (tertiary/aromatic N) is 4. The minimum absolute atomic E-state index is 0.121. The maximum atomic E-state index is 14.4. The van der Waals surface area contributed by atoms with Crippen LogP contribution in [0.25, 0.3) is 11.3 Å². The van der Waals surface area contributed by atoms with Gasteiger partial charge >= 0.3 is 0 Å². The van der Waals surface area contributed by atoms with Crippen molar-refractivity contribution < 1.29 is 18.7 Å². The highest BCUT2D eigenvalue weighted by Crippen LogP contribution is 2.50. The highest BCUT2D eigenvalue weighted by Gasteiger charge is 2.57. The summed E-state index contributed by atoms with van der Waals surface area (Å²) in [5.41, 5.74) is 6.09. The first-order chi connectivity index (χ1) is 16.2. The zero-order valence-electron chi connectivity index (χ0n) is 19.1. The summed E-state index contributed by atoms with van der Waals surface area (Å²) in [6.45, 7) is 1.94. The van der Waals surface area contributed by atoms with E-state index >= 15 is 0 Å². The molecular weight excluding hydrogens is 437 g/mol. The molecule has 8 nitrogen and oxygen atoms in total. The number of hydrogen-bond donors (Lipinski definition) is 1. The molecule has 4 heterocycles. The highest BCUT2D eigenvalue weighted by atomic mass is 19.1. The quantitative estimate of drug-likeness (QED) is 0.599. The van der Waals surface area contributed by atoms with Crippen LogP contribution in [0.1, 0.15) is 24.5 Å². The van der Waals surface area contributed by atoms with E-state index in [4.69, 9.17) is 15.2 Å². The van der Waals surface area contributed by atoms with Crippen LogP contribution in [-0.4, -0.2) is 46.5 Å². The molecular formula is C25H24FN5O3. The van der Waals surface area contributed by atoms with E-state index in [0.29, 0.717) is 23.4 Å². The lowest BCUT2D eigenvalue weighted by Crippen LogP contribution is -2.51. The number of halogens is 1. The molecule has 0 aliphatic carbocycles. The Kier molecular flexibility index (Phi) is 5.00. The number of methoxy groups -OCH3 is 1. The first-order valence-electron chi connectivity index (χ1n) is 10.8. The number of fused-ring (bicyclic) bond motifs is 2. The lowest BCUT2D eigenvalue weighted by molar-refractivity contribution is -0.133. The second-order valence-corrected chi connectivity index (χ2v) is 8.86. The number of nitrogens with two attached hydrogens (primary N) is 1. The Bertz CT molecular complexity index is 1310. The maximum Gasteiger partial charge on any atom is 0.261 e. The third-order valence-electron chi connectivity index (χ3n) is 6.38. The number of pyridine rings is 2. The van der Waals surface area contributed by atoms with Crippen LogP contribution in [0.2, 0.25) is 0 Å². The smallest absolute Gasteiger partial charge is 0.261 e. The van der Waals surface area contributed by atoms with Gasteiger partial charge in [-0.1, -0.05) is 12.1 Å². The highest BCUT2D eigenvalue weighted by molar-refractivity contribution is 6.07. The number of benzene rings is 1. The largest absolute Gasteiger partial charge is 0.497 e. The van der Waals surface area contributed by atoms with Crippen molar-refractivity contribution in [2.45, 2.75) is 30.9 Å². The van der Waals surface area contributed by atoms with E-state index in [9.17, 15) is 9.18 Å². The molecule has 3 aromatic rings. The molecule has 0 saturated carbocycles. The number of ether oxygens (including phenoxy) is 2. The average molecular weight is 461 g/mol. The first kappa shape index (κ1) is 21.8. The van der Waals surface area contributed by atoms with Gasteiger partial charge in [0.15, 0.2) is 11.5 Å². The first-order valence-corrected chi connectivity index (χ1v) is 10.8. The molecule has 2 atom stereocenters. The van der Waals surface area contributed by atoms with Gasteiger partial charge in [0.25, 0.3) is 5.91 Å². The molecule has 1 unspecified atom stereocenters. The summed E-state index contributed by atoms with van der Waals surface area (Å²) >= 11 is 0. The Balaban J connectivity index is 1.61. The van der Waals surface area contributed by atoms with Crippen molar-refractivity contribution in [2.24, 2.45) is 10.7 Å². The van der Waals surface area contributed by atoms with Gasteiger partial charge in [0, 0.05) is 31.6 Å². The van der Waals surface area contributed by atoms with Crippen LogP contribution < -0.4 is 15.2 Å². The number of guanidine groups is 1. The fourth-order valence-electron chi connectivity index (χ4n) is 4.77. The van der Waals surface area contributed by atoms with E-state index in [1.807, 2.05) is 31.2 Å². The van der Waals surface area contributed by atoms with Crippen LogP contribution in [-0.2, 0) is 16.8 Å². The van der Waals surface area contributed by atoms with E-state index < -0.39 is 17.1 Å². The summed E-state index contributed by atoms with van der Waals surface area (Å²) in [5, 5.41) is 0. The zero-order valence-corrected chi connectivity index (χ0v) is 19.1. The van der Waals surface area contributed by atoms with Gasteiger partial charge < -0.3 is 15.2 Å². The molecule has 2 aliphatic heterocycles. The van der Waals surface area contributed by atoms with E-state index in [2.05, 4.69) is 15.0 Å². The Hall–Kier alpha value is -4.01. The van der Waals surface area contributed by atoms with E-state index in [1.165, 1.54) is 17.3 Å². The number of carbonyl (C=O) groups is 1. The molecule has 5 rings (SSSR count). The molecule has 2 aromatic heterocycles. The number of aromatic nitrogens is 2. The Morgan fingerprint density at radius 1 is 1.24 bits per heavy atom. The van der Waals surface area contributed by atoms with Crippen LogP contribution in [0.5, 0.6) is 11.5 Å². The number of rotatable bonds is 4. The Morgan fingerprint density at radius 3 is 2.65 bits per heavy atom. The van der Waals surface area contributed by atoms with Gasteiger partial charge in [0.1, 0.15) is 17.1 Å². The van der Waals surface area contributed by atoms with Crippen molar-refractivity contribution in [3.63, 3.8) is 0 Å². The minimum Gasteiger partial charge on any atom is -0.497 e. The Labute approximate surface area is 196 Å². The Morgan fingerprint density at radius 2 is 2.00 bits per heavy atom. The lowest BCUT2D eigenvalue weighted by Gasteiger charge is -2.43. The molecule has 0 bridgehead atoms. The second-order valence-electron chi connectivity index (χ2n) is 8.86. The standard InChI is InChI=1S/C25H24FN5O3/c1-24(12-15-6-8-16(33-3)9-7-15)14-25(22(32)31(2)23(27)30-25)18-11-19(29-13-20(18)34-24)17-5-4-10-28-21(17)26/h4-11,13H,12,14H2,1-3H3,(H2,27,30)/t24-,25?/m1/s1. The normalized spacial score (nSPS) is 23.5. The van der Waals surface area contributed by atoms with Gasteiger partial charge in [0.05, 0.1) is 24.6 Å². The molecule has 0 saturated heterocycles. The zero-order chi connectivity index (χ0) is 24.1. The summed E-state index contributed by atoms with van der Waals surface area (Å²) in [4.78, 5) is 27.6. The van der Waals surface area contributed by atoms with Crippen LogP contribution in [0.3, 0.4) is 0 Å². The monoisotopic (exact) mass is 461 g/mol. The molecule has 2 aliphatic rings. The van der Waals surface area contributed by atoms with Crippen molar-refractivity contribution in [3.05, 3.63) is 71.9 Å². The third kappa shape index (κ3) is 3.44. The molecule has 34 heavy (non-hydrogen) atoms. The van der Waals surface area contributed by atoms with Crippen LogP contribution >= 0.6 is 0 Å². The lowest BCUT2D eigenvalue weighted by atomic mass is 9.75.